The average Bonchev–Trinajstić information content (AvgIpc) is 3.31. The number of aromatic nitrogens is 3. The first-order valence-corrected chi connectivity index (χ1v) is 8.64. The van der Waals surface area contributed by atoms with Gasteiger partial charge in [0.25, 0.3) is 5.91 Å². The molecule has 3 aromatic rings. The topological polar surface area (TPSA) is 94.5 Å². The van der Waals surface area contributed by atoms with Gasteiger partial charge in [0.15, 0.2) is 5.65 Å². The Labute approximate surface area is 142 Å². The molecule has 3 aromatic heterocycles. The summed E-state index contributed by atoms with van der Waals surface area (Å²) >= 11 is 1.43. The van der Waals surface area contributed by atoms with Crippen molar-refractivity contribution in [2.24, 2.45) is 5.92 Å². The third kappa shape index (κ3) is 2.98. The molecule has 1 unspecified atom stereocenters. The van der Waals surface area contributed by atoms with E-state index >= 15 is 0 Å². The average molecular weight is 343 g/mol. The van der Waals surface area contributed by atoms with Crippen molar-refractivity contribution in [1.82, 2.24) is 19.9 Å². The van der Waals surface area contributed by atoms with Gasteiger partial charge in [-0.15, -0.1) is 16.4 Å². The summed E-state index contributed by atoms with van der Waals surface area (Å²) in [4.78, 5) is 17.1. The van der Waals surface area contributed by atoms with Crippen LogP contribution in [0.3, 0.4) is 0 Å². The maximum Gasteiger partial charge on any atom is 0.261 e. The number of fused-ring (bicyclic) bond motifs is 1. The molecule has 124 valence electrons. The number of nitrogens with two attached hydrogens (primary N) is 1. The molecule has 0 spiro atoms. The van der Waals surface area contributed by atoms with Crippen molar-refractivity contribution in [3.05, 3.63) is 34.7 Å². The van der Waals surface area contributed by atoms with Crippen molar-refractivity contribution in [3.63, 3.8) is 0 Å². The van der Waals surface area contributed by atoms with E-state index in [1.54, 1.807) is 4.52 Å². The molecule has 1 fully saturated rings. The summed E-state index contributed by atoms with van der Waals surface area (Å²) in [6, 6.07) is 5.70. The second-order valence-corrected chi connectivity index (χ2v) is 6.74. The maximum atomic E-state index is 12.3. The highest BCUT2D eigenvalue weighted by Gasteiger charge is 2.17. The Morgan fingerprint density at radius 2 is 2.38 bits per heavy atom. The maximum absolute atomic E-state index is 12.3. The molecule has 0 aliphatic carbocycles. The first-order valence-electron chi connectivity index (χ1n) is 7.76. The van der Waals surface area contributed by atoms with E-state index in [-0.39, 0.29) is 11.9 Å². The number of carbonyl (C=O) groups is 1. The number of thiophene rings is 1. The Hall–Kier alpha value is -2.45. The zero-order chi connectivity index (χ0) is 16.5. The van der Waals surface area contributed by atoms with Gasteiger partial charge in [-0.1, -0.05) is 0 Å². The molecule has 0 bridgehead atoms. The molecular weight excluding hydrogens is 326 g/mol. The minimum atomic E-state index is -0.0378. The van der Waals surface area contributed by atoms with Crippen LogP contribution in [0.1, 0.15) is 16.1 Å². The second-order valence-electron chi connectivity index (χ2n) is 5.83. The van der Waals surface area contributed by atoms with Crippen molar-refractivity contribution in [2.45, 2.75) is 6.42 Å². The number of rotatable bonds is 4. The SMILES string of the molecule is Nc1nc2ccc(-c3csc(C(=O)NCC4CCOC4)c3)cn2n1. The fraction of sp³-hybridized carbons (Fsp3) is 0.312. The highest BCUT2D eigenvalue weighted by atomic mass is 32.1. The molecule has 0 radical (unpaired) electrons. The number of hydrogen-bond donors (Lipinski definition) is 2. The number of anilines is 1. The predicted molar refractivity (Wildman–Crippen MR) is 92.0 cm³/mol. The van der Waals surface area contributed by atoms with Crippen LogP contribution in [0, 0.1) is 5.92 Å². The van der Waals surface area contributed by atoms with Crippen LogP contribution in [0.25, 0.3) is 16.8 Å². The molecule has 1 aliphatic heterocycles. The first-order chi connectivity index (χ1) is 11.7. The van der Waals surface area contributed by atoms with E-state index in [4.69, 9.17) is 10.5 Å². The zero-order valence-electron chi connectivity index (χ0n) is 12.9. The normalized spacial score (nSPS) is 17.4. The van der Waals surface area contributed by atoms with Gasteiger partial charge in [0.1, 0.15) is 0 Å². The Morgan fingerprint density at radius 1 is 1.46 bits per heavy atom. The summed E-state index contributed by atoms with van der Waals surface area (Å²) in [5.74, 6) is 0.631. The number of carbonyl (C=O) groups excluding carboxylic acids is 1. The lowest BCUT2D eigenvalue weighted by molar-refractivity contribution is 0.0949. The van der Waals surface area contributed by atoms with Crippen LogP contribution < -0.4 is 11.1 Å². The minimum absolute atomic E-state index is 0.0378. The van der Waals surface area contributed by atoms with E-state index in [0.29, 0.717) is 23.0 Å². The molecule has 7 nitrogen and oxygen atoms in total. The summed E-state index contributed by atoms with van der Waals surface area (Å²) in [6.07, 6.45) is 2.87. The third-order valence-corrected chi connectivity index (χ3v) is 5.01. The van der Waals surface area contributed by atoms with Gasteiger partial charge < -0.3 is 15.8 Å². The summed E-state index contributed by atoms with van der Waals surface area (Å²) in [7, 11) is 0. The summed E-state index contributed by atoms with van der Waals surface area (Å²) < 4.78 is 6.96. The van der Waals surface area contributed by atoms with Crippen molar-refractivity contribution in [3.8, 4) is 11.1 Å². The van der Waals surface area contributed by atoms with E-state index < -0.39 is 0 Å². The lowest BCUT2D eigenvalue weighted by Gasteiger charge is -2.08. The van der Waals surface area contributed by atoms with Gasteiger partial charge in [-0.2, -0.15) is 4.98 Å². The van der Waals surface area contributed by atoms with Gasteiger partial charge in [0.05, 0.1) is 11.5 Å². The number of amides is 1. The number of nitrogens with zero attached hydrogens (tertiary/aromatic N) is 3. The van der Waals surface area contributed by atoms with E-state index in [2.05, 4.69) is 15.4 Å². The summed E-state index contributed by atoms with van der Waals surface area (Å²) in [6.45, 7) is 2.19. The molecule has 1 aliphatic rings. The number of nitrogens with one attached hydrogen (secondary N) is 1. The van der Waals surface area contributed by atoms with E-state index in [1.165, 1.54) is 11.3 Å². The largest absolute Gasteiger partial charge is 0.381 e. The molecule has 1 atom stereocenters. The van der Waals surface area contributed by atoms with Gasteiger partial charge >= 0.3 is 0 Å². The Balaban J connectivity index is 1.49. The van der Waals surface area contributed by atoms with Crippen LogP contribution in [0.15, 0.2) is 29.8 Å². The van der Waals surface area contributed by atoms with Gasteiger partial charge in [0, 0.05) is 30.8 Å². The van der Waals surface area contributed by atoms with Crippen LogP contribution in [0.5, 0.6) is 0 Å². The van der Waals surface area contributed by atoms with Gasteiger partial charge in [-0.25, -0.2) is 4.52 Å². The zero-order valence-corrected chi connectivity index (χ0v) is 13.8. The number of hydrogen-bond acceptors (Lipinski definition) is 6. The number of pyridine rings is 1. The highest BCUT2D eigenvalue weighted by molar-refractivity contribution is 7.12. The fourth-order valence-electron chi connectivity index (χ4n) is 2.75. The standard InChI is InChI=1S/C16H17N5O2S/c17-16-19-14-2-1-11(7-21(14)20-16)12-5-13(24-9-12)15(22)18-6-10-3-4-23-8-10/h1-2,5,7,9-10H,3-4,6,8H2,(H2,17,20)(H,18,22). The Morgan fingerprint density at radius 3 is 3.21 bits per heavy atom. The van der Waals surface area contributed by atoms with Crippen LogP contribution >= 0.6 is 11.3 Å². The molecule has 1 amide bonds. The highest BCUT2D eigenvalue weighted by Crippen LogP contribution is 2.26. The van der Waals surface area contributed by atoms with Crippen LogP contribution in [0.2, 0.25) is 0 Å². The first kappa shape index (κ1) is 15.1. The van der Waals surface area contributed by atoms with Crippen LogP contribution in [-0.4, -0.2) is 40.3 Å². The summed E-state index contributed by atoms with van der Waals surface area (Å²) in [5.41, 5.74) is 8.24. The van der Waals surface area contributed by atoms with Crippen LogP contribution in [0.4, 0.5) is 5.95 Å². The van der Waals surface area contributed by atoms with Gasteiger partial charge in [0.2, 0.25) is 5.95 Å². The molecule has 3 N–H and O–H groups in total. The fourth-order valence-corrected chi connectivity index (χ4v) is 3.58. The lowest BCUT2D eigenvalue weighted by atomic mass is 10.1. The van der Waals surface area contributed by atoms with Crippen molar-refractivity contribution in [1.29, 1.82) is 0 Å². The molecule has 4 rings (SSSR count). The number of nitrogen functional groups attached to an aromatic ring is 1. The smallest absolute Gasteiger partial charge is 0.261 e. The Bertz CT molecular complexity index is 882. The lowest BCUT2D eigenvalue weighted by Crippen LogP contribution is -2.28. The second kappa shape index (κ2) is 6.21. The van der Waals surface area contributed by atoms with Crippen molar-refractivity contribution >= 4 is 28.8 Å². The molecule has 0 aromatic carbocycles. The van der Waals surface area contributed by atoms with E-state index in [1.807, 2.05) is 29.8 Å². The predicted octanol–water partition coefficient (Wildman–Crippen LogP) is 1.81. The Kier molecular flexibility index (Phi) is 3.91. The monoisotopic (exact) mass is 343 g/mol. The molecule has 1 saturated heterocycles. The molecule has 0 saturated carbocycles. The van der Waals surface area contributed by atoms with Gasteiger partial charge in [-0.05, 0) is 35.6 Å². The van der Waals surface area contributed by atoms with Crippen molar-refractivity contribution < 1.29 is 9.53 Å². The number of ether oxygens (including phenoxy) is 1. The van der Waals surface area contributed by atoms with E-state index in [0.717, 1.165) is 30.8 Å². The van der Waals surface area contributed by atoms with Crippen molar-refractivity contribution in [2.75, 3.05) is 25.5 Å². The minimum Gasteiger partial charge on any atom is -0.381 e. The van der Waals surface area contributed by atoms with Crippen LogP contribution in [-0.2, 0) is 4.74 Å². The van der Waals surface area contributed by atoms with E-state index in [9.17, 15) is 4.79 Å². The van der Waals surface area contributed by atoms with Gasteiger partial charge in [-0.3, -0.25) is 4.79 Å². The quantitative estimate of drug-likeness (QED) is 0.753. The molecule has 4 heterocycles. The molecular formula is C16H17N5O2S. The third-order valence-electron chi connectivity index (χ3n) is 4.08. The summed E-state index contributed by atoms with van der Waals surface area (Å²) in [5, 5.41) is 9.06. The molecule has 24 heavy (non-hydrogen) atoms. The molecule has 8 heteroatoms.